The van der Waals surface area contributed by atoms with Crippen LogP contribution in [0.25, 0.3) is 0 Å². The van der Waals surface area contributed by atoms with Crippen LogP contribution in [0.3, 0.4) is 0 Å². The lowest BCUT2D eigenvalue weighted by atomic mass is 10.1. The molecule has 6 heteroatoms. The van der Waals surface area contributed by atoms with Crippen LogP contribution in [0.2, 0.25) is 5.02 Å². The van der Waals surface area contributed by atoms with Crippen molar-refractivity contribution in [3.63, 3.8) is 0 Å². The van der Waals surface area contributed by atoms with E-state index in [1.807, 2.05) is 30.4 Å². The average Bonchev–Trinajstić information content (AvgIpc) is 3.15. The van der Waals surface area contributed by atoms with Gasteiger partial charge in [-0.25, -0.2) is 0 Å². The van der Waals surface area contributed by atoms with E-state index in [0.29, 0.717) is 17.7 Å². The van der Waals surface area contributed by atoms with E-state index in [2.05, 4.69) is 23.4 Å². The lowest BCUT2D eigenvalue weighted by molar-refractivity contribution is 0.203. The van der Waals surface area contributed by atoms with Gasteiger partial charge in [0.25, 0.3) is 0 Å². The van der Waals surface area contributed by atoms with Gasteiger partial charge < -0.3 is 9.64 Å². The number of nitrogens with zero attached hydrogens (tertiary/aromatic N) is 3. The molecule has 3 rings (SSSR count). The monoisotopic (exact) mass is 358 g/mol. The van der Waals surface area contributed by atoms with Gasteiger partial charge in [-0.15, -0.1) is 0 Å². The van der Waals surface area contributed by atoms with Gasteiger partial charge in [0.15, 0.2) is 0 Å². The first-order valence-corrected chi connectivity index (χ1v) is 9.11. The van der Waals surface area contributed by atoms with Gasteiger partial charge >= 0.3 is 0 Å². The van der Waals surface area contributed by atoms with Crippen molar-refractivity contribution < 1.29 is 4.74 Å². The summed E-state index contributed by atoms with van der Waals surface area (Å²) >= 11 is 6.22. The molecule has 1 aliphatic carbocycles. The van der Waals surface area contributed by atoms with Crippen molar-refractivity contribution >= 4 is 11.6 Å². The fourth-order valence-electron chi connectivity index (χ4n) is 3.20. The molecule has 25 heavy (non-hydrogen) atoms. The number of hydrazine groups is 1. The Morgan fingerprint density at radius 3 is 2.92 bits per heavy atom. The molecule has 1 saturated carbocycles. The van der Waals surface area contributed by atoms with E-state index in [1.54, 1.807) is 6.20 Å². The van der Waals surface area contributed by atoms with Gasteiger partial charge in [-0.2, -0.15) is 10.3 Å². The molecule has 1 heterocycles. The summed E-state index contributed by atoms with van der Waals surface area (Å²) in [6.07, 6.45) is 12.6. The Balaban J connectivity index is 1.78. The summed E-state index contributed by atoms with van der Waals surface area (Å²) in [5, 5.41) is 11.2. The quantitative estimate of drug-likeness (QED) is 0.774. The Bertz CT molecular complexity index is 704. The molecular formula is C19H23ClN4O. The summed E-state index contributed by atoms with van der Waals surface area (Å²) in [5.74, 6) is 1.78. The molecule has 2 aliphatic rings. The third-order valence-electron chi connectivity index (χ3n) is 4.53. The van der Waals surface area contributed by atoms with Crippen LogP contribution in [0.5, 0.6) is 5.75 Å². The number of hydrogen-bond donors (Lipinski definition) is 1. The van der Waals surface area contributed by atoms with E-state index in [4.69, 9.17) is 21.6 Å². The minimum absolute atomic E-state index is 0.305. The van der Waals surface area contributed by atoms with Crippen LogP contribution >= 0.6 is 11.6 Å². The van der Waals surface area contributed by atoms with Crippen LogP contribution in [0.4, 0.5) is 0 Å². The van der Waals surface area contributed by atoms with Crippen molar-refractivity contribution in [1.29, 1.82) is 5.26 Å². The zero-order valence-corrected chi connectivity index (χ0v) is 15.2. The molecule has 0 saturated heterocycles. The van der Waals surface area contributed by atoms with Crippen molar-refractivity contribution in [3.05, 3.63) is 53.0 Å². The van der Waals surface area contributed by atoms with Crippen molar-refractivity contribution in [3.8, 4) is 11.9 Å². The second kappa shape index (κ2) is 8.17. The van der Waals surface area contributed by atoms with E-state index >= 15 is 0 Å². The number of halogens is 1. The molecule has 1 aromatic carbocycles. The predicted molar refractivity (Wildman–Crippen MR) is 98.2 cm³/mol. The molecule has 0 atom stereocenters. The van der Waals surface area contributed by atoms with E-state index in [-0.39, 0.29) is 0 Å². The van der Waals surface area contributed by atoms with Crippen LogP contribution in [0.15, 0.2) is 42.4 Å². The third-order valence-corrected chi connectivity index (χ3v) is 4.77. The van der Waals surface area contributed by atoms with Gasteiger partial charge in [0.1, 0.15) is 11.6 Å². The Labute approximate surface area is 154 Å². The maximum atomic E-state index is 9.07. The first-order chi connectivity index (χ1) is 12.2. The molecule has 1 N–H and O–H groups in total. The largest absolute Gasteiger partial charge is 0.490 e. The first kappa shape index (κ1) is 17.5. The van der Waals surface area contributed by atoms with Gasteiger partial charge in [-0.3, -0.25) is 5.43 Å². The summed E-state index contributed by atoms with van der Waals surface area (Å²) in [5.41, 5.74) is 4.14. The Morgan fingerprint density at radius 1 is 1.40 bits per heavy atom. The number of benzene rings is 1. The fraction of sp³-hybridized carbons (Fsp3) is 0.421. The molecule has 0 aromatic heterocycles. The number of nitrogens with one attached hydrogen (secondary N) is 1. The van der Waals surface area contributed by atoms with E-state index in [0.717, 1.165) is 36.5 Å². The van der Waals surface area contributed by atoms with Gasteiger partial charge in [-0.1, -0.05) is 11.6 Å². The molecule has 5 nitrogen and oxygen atoms in total. The number of allylic oxidation sites excluding steroid dienone is 2. The number of ether oxygens (including phenoxy) is 1. The van der Waals surface area contributed by atoms with E-state index in [9.17, 15) is 0 Å². The molecule has 0 amide bonds. The molecule has 0 radical (unpaired) electrons. The smallest absolute Gasteiger partial charge is 0.204 e. The third kappa shape index (κ3) is 4.40. The number of hydrogen-bond acceptors (Lipinski definition) is 5. The molecule has 1 aliphatic heterocycles. The number of nitriles is 1. The highest BCUT2D eigenvalue weighted by Gasteiger charge is 2.20. The first-order valence-electron chi connectivity index (χ1n) is 8.73. The lowest BCUT2D eigenvalue weighted by Crippen LogP contribution is -2.39. The summed E-state index contributed by atoms with van der Waals surface area (Å²) < 4.78 is 6.23. The molecule has 1 aromatic rings. The summed E-state index contributed by atoms with van der Waals surface area (Å²) in [4.78, 5) is 2.15. The lowest BCUT2D eigenvalue weighted by Gasteiger charge is -2.31. The van der Waals surface area contributed by atoms with Crippen LogP contribution < -0.4 is 10.2 Å². The van der Waals surface area contributed by atoms with Crippen LogP contribution in [-0.4, -0.2) is 22.6 Å². The second-order valence-electron chi connectivity index (χ2n) is 6.27. The molecule has 1 fully saturated rings. The summed E-state index contributed by atoms with van der Waals surface area (Å²) in [6.45, 7) is 3.53. The minimum atomic E-state index is 0.305. The zero-order chi connectivity index (χ0) is 17.6. The molecular weight excluding hydrogens is 336 g/mol. The summed E-state index contributed by atoms with van der Waals surface area (Å²) in [7, 11) is 0. The van der Waals surface area contributed by atoms with Gasteiger partial charge in [0, 0.05) is 29.9 Å². The maximum Gasteiger partial charge on any atom is 0.204 e. The standard InChI is InChI=1S/C19H23ClN4O/c1-2-23(19-8-5-11-24(14-21)22-19)13-15-12-16(20)9-10-18(15)25-17-6-3-4-7-17/h5,8-12,17,22H,2-4,6-7,13H2,1H3. The van der Waals surface area contributed by atoms with Crippen molar-refractivity contribution in [2.24, 2.45) is 0 Å². The van der Waals surface area contributed by atoms with E-state index in [1.165, 1.54) is 17.9 Å². The average molecular weight is 359 g/mol. The molecule has 0 unspecified atom stereocenters. The second-order valence-corrected chi connectivity index (χ2v) is 6.70. The highest BCUT2D eigenvalue weighted by molar-refractivity contribution is 6.30. The zero-order valence-electron chi connectivity index (χ0n) is 14.4. The van der Waals surface area contributed by atoms with Crippen LogP contribution in [-0.2, 0) is 6.54 Å². The molecule has 0 spiro atoms. The van der Waals surface area contributed by atoms with Crippen LogP contribution in [0, 0.1) is 11.5 Å². The molecule has 132 valence electrons. The normalized spacial score (nSPS) is 17.0. The van der Waals surface area contributed by atoms with Gasteiger partial charge in [-0.05, 0) is 63.0 Å². The van der Waals surface area contributed by atoms with E-state index < -0.39 is 0 Å². The Kier molecular flexibility index (Phi) is 5.72. The SMILES string of the molecule is CCN(Cc1cc(Cl)ccc1OC1CCCC1)C1=CC=CN(C#N)N1. The topological polar surface area (TPSA) is 51.5 Å². The van der Waals surface area contributed by atoms with Gasteiger partial charge in [0.05, 0.1) is 6.10 Å². The van der Waals surface area contributed by atoms with Crippen molar-refractivity contribution in [2.75, 3.05) is 6.54 Å². The fourth-order valence-corrected chi connectivity index (χ4v) is 3.39. The minimum Gasteiger partial charge on any atom is -0.490 e. The Morgan fingerprint density at radius 2 is 2.20 bits per heavy atom. The highest BCUT2D eigenvalue weighted by Crippen LogP contribution is 2.30. The maximum absolute atomic E-state index is 9.07. The predicted octanol–water partition coefficient (Wildman–Crippen LogP) is 4.14. The highest BCUT2D eigenvalue weighted by atomic mass is 35.5. The van der Waals surface area contributed by atoms with Crippen molar-refractivity contribution in [1.82, 2.24) is 15.3 Å². The Hall–Kier alpha value is -2.32. The number of rotatable bonds is 6. The van der Waals surface area contributed by atoms with Crippen molar-refractivity contribution in [2.45, 2.75) is 45.3 Å². The van der Waals surface area contributed by atoms with Gasteiger partial charge in [0.2, 0.25) is 6.19 Å². The summed E-state index contributed by atoms with van der Waals surface area (Å²) in [6, 6.07) is 5.81. The van der Waals surface area contributed by atoms with Crippen LogP contribution in [0.1, 0.15) is 38.2 Å². The molecule has 0 bridgehead atoms.